The number of anilines is 2. The van der Waals surface area contributed by atoms with Gasteiger partial charge in [-0.25, -0.2) is 0 Å². The number of carbonyl (C=O) groups is 1. The van der Waals surface area contributed by atoms with Crippen LogP contribution < -0.4 is 16.0 Å². The van der Waals surface area contributed by atoms with Crippen molar-refractivity contribution in [2.75, 3.05) is 11.9 Å². The monoisotopic (exact) mass is 461 g/mol. The molecular formula is C25H33Cl2N3O. The van der Waals surface area contributed by atoms with Gasteiger partial charge in [0.2, 0.25) is 5.91 Å². The molecule has 0 aliphatic heterocycles. The summed E-state index contributed by atoms with van der Waals surface area (Å²) in [7, 11) is 0. The van der Waals surface area contributed by atoms with Crippen molar-refractivity contribution in [3.05, 3.63) is 57.6 Å². The number of hydrogen-bond donors (Lipinski definition) is 3. The highest BCUT2D eigenvalue weighted by molar-refractivity contribution is 6.39. The minimum Gasteiger partial charge on any atom is -0.354 e. The summed E-state index contributed by atoms with van der Waals surface area (Å²) < 4.78 is 0. The summed E-state index contributed by atoms with van der Waals surface area (Å²) in [6, 6.07) is 12.5. The second kappa shape index (κ2) is 10.7. The van der Waals surface area contributed by atoms with Crippen LogP contribution in [0.2, 0.25) is 10.0 Å². The van der Waals surface area contributed by atoms with Crippen molar-refractivity contribution in [3.63, 3.8) is 0 Å². The Balaban J connectivity index is 1.80. The van der Waals surface area contributed by atoms with E-state index in [1.807, 2.05) is 38.1 Å². The van der Waals surface area contributed by atoms with E-state index in [0.717, 1.165) is 22.5 Å². The number of halogens is 2. The summed E-state index contributed by atoms with van der Waals surface area (Å²) in [4.78, 5) is 12.0. The zero-order valence-electron chi connectivity index (χ0n) is 18.7. The highest BCUT2D eigenvalue weighted by atomic mass is 35.5. The van der Waals surface area contributed by atoms with Crippen LogP contribution >= 0.6 is 23.2 Å². The molecule has 1 saturated carbocycles. The summed E-state index contributed by atoms with van der Waals surface area (Å²) in [6.07, 6.45) is 6.68. The Bertz CT molecular complexity index is 894. The van der Waals surface area contributed by atoms with Gasteiger partial charge in [0, 0.05) is 24.7 Å². The molecule has 1 amide bonds. The largest absolute Gasteiger partial charge is 0.354 e. The van der Waals surface area contributed by atoms with Crippen LogP contribution in [-0.4, -0.2) is 18.5 Å². The molecule has 1 atom stereocenters. The standard InChI is InChI=1S/C25H33Cl2N3O/c1-4-22(31)28-16-25(3,30-20-8-6-5-7-9-20)18-11-13-19(14-12-18)29-24-21(26)15-10-17(2)23(24)27/h10-15,20,29-30H,4-9,16H2,1-3H3,(H,28,31). The minimum atomic E-state index is -0.343. The van der Waals surface area contributed by atoms with Crippen LogP contribution in [0.3, 0.4) is 0 Å². The topological polar surface area (TPSA) is 53.2 Å². The molecule has 1 fully saturated rings. The third kappa shape index (κ3) is 6.15. The molecule has 1 aliphatic rings. The zero-order valence-corrected chi connectivity index (χ0v) is 20.2. The van der Waals surface area contributed by atoms with Crippen molar-refractivity contribution in [1.82, 2.24) is 10.6 Å². The second-order valence-corrected chi connectivity index (χ2v) is 9.48. The maximum atomic E-state index is 12.0. The van der Waals surface area contributed by atoms with Crippen molar-refractivity contribution in [2.45, 2.75) is 70.9 Å². The average molecular weight is 462 g/mol. The summed E-state index contributed by atoms with van der Waals surface area (Å²) in [5, 5.41) is 11.5. The van der Waals surface area contributed by atoms with Gasteiger partial charge in [0.05, 0.1) is 21.3 Å². The van der Waals surface area contributed by atoms with Gasteiger partial charge in [0.1, 0.15) is 0 Å². The predicted octanol–water partition coefficient (Wildman–Crippen LogP) is 6.71. The van der Waals surface area contributed by atoms with E-state index in [9.17, 15) is 4.79 Å². The molecule has 0 spiro atoms. The molecule has 6 heteroatoms. The highest BCUT2D eigenvalue weighted by Crippen LogP contribution is 2.35. The van der Waals surface area contributed by atoms with Gasteiger partial charge in [0.25, 0.3) is 0 Å². The van der Waals surface area contributed by atoms with E-state index in [1.54, 1.807) is 0 Å². The van der Waals surface area contributed by atoms with E-state index < -0.39 is 0 Å². The Kier molecular flexibility index (Phi) is 8.26. The lowest BCUT2D eigenvalue weighted by atomic mass is 9.87. The second-order valence-electron chi connectivity index (χ2n) is 8.70. The highest BCUT2D eigenvalue weighted by Gasteiger charge is 2.30. The lowest BCUT2D eigenvalue weighted by Crippen LogP contribution is -2.53. The number of rotatable bonds is 8. The average Bonchev–Trinajstić information content (AvgIpc) is 2.78. The normalized spacial score (nSPS) is 16.5. The molecule has 31 heavy (non-hydrogen) atoms. The first-order chi connectivity index (χ1) is 14.8. The summed E-state index contributed by atoms with van der Waals surface area (Å²) in [6.45, 7) is 6.57. The fourth-order valence-electron chi connectivity index (χ4n) is 4.17. The fourth-order valence-corrected chi connectivity index (χ4v) is 4.64. The summed E-state index contributed by atoms with van der Waals surface area (Å²) in [5.74, 6) is 0.0682. The molecule has 0 heterocycles. The van der Waals surface area contributed by atoms with Gasteiger partial charge in [-0.3, -0.25) is 4.79 Å². The van der Waals surface area contributed by atoms with Crippen molar-refractivity contribution in [2.24, 2.45) is 0 Å². The Labute approximate surface area is 196 Å². The third-order valence-corrected chi connectivity index (χ3v) is 6.97. The van der Waals surface area contributed by atoms with Gasteiger partial charge < -0.3 is 16.0 Å². The SMILES string of the molecule is CCC(=O)NCC(C)(NC1CCCCC1)c1ccc(Nc2c(Cl)ccc(C)c2Cl)cc1. The number of aryl methyl sites for hydroxylation is 1. The van der Waals surface area contributed by atoms with E-state index in [0.29, 0.717) is 29.1 Å². The summed E-state index contributed by atoms with van der Waals surface area (Å²) in [5.41, 5.74) is 3.40. The van der Waals surface area contributed by atoms with E-state index in [1.165, 1.54) is 32.1 Å². The molecule has 2 aromatic rings. The number of hydrogen-bond acceptors (Lipinski definition) is 3. The molecule has 0 saturated heterocycles. The van der Waals surface area contributed by atoms with E-state index in [2.05, 4.69) is 35.0 Å². The number of amides is 1. The molecule has 2 aromatic carbocycles. The van der Waals surface area contributed by atoms with Gasteiger partial charge >= 0.3 is 0 Å². The van der Waals surface area contributed by atoms with Crippen LogP contribution in [0.15, 0.2) is 36.4 Å². The van der Waals surface area contributed by atoms with Crippen molar-refractivity contribution < 1.29 is 4.79 Å². The van der Waals surface area contributed by atoms with Crippen LogP contribution in [0.1, 0.15) is 63.5 Å². The van der Waals surface area contributed by atoms with E-state index >= 15 is 0 Å². The van der Waals surface area contributed by atoms with Crippen LogP contribution in [0.25, 0.3) is 0 Å². The maximum Gasteiger partial charge on any atom is 0.219 e. The smallest absolute Gasteiger partial charge is 0.219 e. The zero-order chi connectivity index (χ0) is 22.4. The Morgan fingerprint density at radius 1 is 1.06 bits per heavy atom. The van der Waals surface area contributed by atoms with Crippen LogP contribution in [0.4, 0.5) is 11.4 Å². The molecule has 3 N–H and O–H groups in total. The van der Waals surface area contributed by atoms with Crippen molar-refractivity contribution in [3.8, 4) is 0 Å². The molecule has 0 radical (unpaired) electrons. The summed E-state index contributed by atoms with van der Waals surface area (Å²) >= 11 is 12.8. The molecule has 1 unspecified atom stereocenters. The molecule has 0 bridgehead atoms. The quantitative estimate of drug-likeness (QED) is 0.409. The number of benzene rings is 2. The number of nitrogens with one attached hydrogen (secondary N) is 3. The predicted molar refractivity (Wildman–Crippen MR) is 132 cm³/mol. The van der Waals surface area contributed by atoms with Crippen molar-refractivity contribution in [1.29, 1.82) is 0 Å². The van der Waals surface area contributed by atoms with E-state index in [-0.39, 0.29) is 11.4 Å². The Morgan fingerprint density at radius 2 is 1.74 bits per heavy atom. The lowest BCUT2D eigenvalue weighted by Gasteiger charge is -2.37. The maximum absolute atomic E-state index is 12.0. The van der Waals surface area contributed by atoms with Gasteiger partial charge in [0.15, 0.2) is 0 Å². The lowest BCUT2D eigenvalue weighted by molar-refractivity contribution is -0.121. The molecule has 1 aliphatic carbocycles. The molecule has 0 aromatic heterocycles. The molecule has 4 nitrogen and oxygen atoms in total. The van der Waals surface area contributed by atoms with Crippen LogP contribution in [-0.2, 0) is 10.3 Å². The number of carbonyl (C=O) groups excluding carboxylic acids is 1. The minimum absolute atomic E-state index is 0.0682. The Hall–Kier alpha value is -1.75. The molecular weight excluding hydrogens is 429 g/mol. The van der Waals surface area contributed by atoms with Crippen LogP contribution in [0, 0.1) is 6.92 Å². The first-order valence-corrected chi connectivity index (χ1v) is 11.9. The fraction of sp³-hybridized carbons (Fsp3) is 0.480. The first-order valence-electron chi connectivity index (χ1n) is 11.2. The first kappa shape index (κ1) is 23.9. The van der Waals surface area contributed by atoms with E-state index in [4.69, 9.17) is 23.2 Å². The third-order valence-electron chi connectivity index (χ3n) is 6.16. The van der Waals surface area contributed by atoms with Gasteiger partial charge in [-0.1, -0.05) is 67.6 Å². The molecule has 3 rings (SSSR count). The van der Waals surface area contributed by atoms with Gasteiger partial charge in [-0.05, 0) is 56.0 Å². The van der Waals surface area contributed by atoms with Gasteiger partial charge in [-0.15, -0.1) is 0 Å². The van der Waals surface area contributed by atoms with Gasteiger partial charge in [-0.2, -0.15) is 0 Å². The Morgan fingerprint density at radius 3 is 2.39 bits per heavy atom. The van der Waals surface area contributed by atoms with Crippen LogP contribution in [0.5, 0.6) is 0 Å². The molecule has 168 valence electrons. The van der Waals surface area contributed by atoms with Crippen molar-refractivity contribution >= 4 is 40.5 Å².